The Morgan fingerprint density at radius 1 is 1.10 bits per heavy atom. The van der Waals surface area contributed by atoms with Crippen molar-refractivity contribution in [2.45, 2.75) is 11.3 Å². The van der Waals surface area contributed by atoms with E-state index < -0.39 is 15.8 Å². The zero-order valence-electron chi connectivity index (χ0n) is 16.6. The number of nitrogens with zero attached hydrogens (tertiary/aromatic N) is 1. The first kappa shape index (κ1) is 21.4. The lowest BCUT2D eigenvalue weighted by Crippen LogP contribution is -2.27. The van der Waals surface area contributed by atoms with E-state index in [1.54, 1.807) is 18.2 Å². The molecule has 1 heterocycles. The predicted octanol–water partition coefficient (Wildman–Crippen LogP) is 1.46. The van der Waals surface area contributed by atoms with Crippen molar-refractivity contribution in [2.75, 3.05) is 26.1 Å². The van der Waals surface area contributed by atoms with Crippen LogP contribution in [0.25, 0.3) is 11.1 Å². The second-order valence-electron chi connectivity index (χ2n) is 6.32. The number of hydrogen-bond donors (Lipinski definition) is 2. The van der Waals surface area contributed by atoms with Gasteiger partial charge >= 0.3 is 5.76 Å². The summed E-state index contributed by atoms with van der Waals surface area (Å²) >= 11 is 0. The Bertz CT molecular complexity index is 1240. The zero-order valence-corrected chi connectivity index (χ0v) is 17.4. The van der Waals surface area contributed by atoms with Crippen molar-refractivity contribution < 1.29 is 27.1 Å². The molecule has 0 atom stereocenters. The van der Waals surface area contributed by atoms with Crippen molar-refractivity contribution in [2.24, 2.45) is 7.05 Å². The minimum atomic E-state index is -3.88. The van der Waals surface area contributed by atoms with E-state index in [-0.39, 0.29) is 29.4 Å². The molecule has 0 spiro atoms. The highest BCUT2D eigenvalue weighted by atomic mass is 32.2. The summed E-state index contributed by atoms with van der Waals surface area (Å²) in [6.45, 7) is -0.113. The maximum absolute atomic E-state index is 12.5. The average molecular weight is 435 g/mol. The van der Waals surface area contributed by atoms with Gasteiger partial charge in [0, 0.05) is 37.8 Å². The monoisotopic (exact) mass is 435 g/mol. The number of methoxy groups -OCH3 is 2. The van der Waals surface area contributed by atoms with Crippen LogP contribution in [0.2, 0.25) is 0 Å². The van der Waals surface area contributed by atoms with Crippen LogP contribution in [0.1, 0.15) is 6.42 Å². The van der Waals surface area contributed by atoms with Gasteiger partial charge in [-0.1, -0.05) is 0 Å². The largest absolute Gasteiger partial charge is 0.493 e. The Balaban J connectivity index is 1.61. The second-order valence-corrected chi connectivity index (χ2v) is 8.09. The maximum atomic E-state index is 12.5. The normalized spacial score (nSPS) is 11.4. The Kier molecular flexibility index (Phi) is 6.13. The van der Waals surface area contributed by atoms with Gasteiger partial charge in [-0.3, -0.25) is 9.36 Å². The SMILES string of the molecule is COc1ccc(NC(=O)CCNS(=O)(=O)c2ccc3c(c2)oc(=O)n3C)cc1OC. The molecule has 0 radical (unpaired) electrons. The number of oxazole rings is 1. The van der Waals surface area contributed by atoms with Crippen molar-refractivity contribution >= 4 is 32.7 Å². The van der Waals surface area contributed by atoms with Crippen molar-refractivity contribution in [3.05, 3.63) is 46.9 Å². The second kappa shape index (κ2) is 8.59. The number of benzene rings is 2. The number of rotatable bonds is 8. The molecule has 0 unspecified atom stereocenters. The Morgan fingerprint density at radius 3 is 2.53 bits per heavy atom. The number of nitrogens with one attached hydrogen (secondary N) is 2. The minimum Gasteiger partial charge on any atom is -0.493 e. The van der Waals surface area contributed by atoms with Crippen molar-refractivity contribution in [3.63, 3.8) is 0 Å². The standard InChI is InChI=1S/C19H21N3O7S/c1-22-14-6-5-13(11-16(14)29-19(22)24)30(25,26)20-9-8-18(23)21-12-4-7-15(27-2)17(10-12)28-3/h4-7,10-11,20H,8-9H2,1-3H3,(H,21,23). The molecule has 3 aromatic rings. The fraction of sp³-hybridized carbons (Fsp3) is 0.263. The molecule has 0 aliphatic rings. The van der Waals surface area contributed by atoms with Gasteiger partial charge in [0.1, 0.15) is 0 Å². The molecule has 1 amide bonds. The van der Waals surface area contributed by atoms with Gasteiger partial charge < -0.3 is 19.2 Å². The van der Waals surface area contributed by atoms with E-state index in [2.05, 4.69) is 10.0 Å². The van der Waals surface area contributed by atoms with E-state index in [0.29, 0.717) is 22.7 Å². The summed E-state index contributed by atoms with van der Waals surface area (Å²) in [6.07, 6.45) is -0.0871. The molecule has 3 rings (SSSR count). The summed E-state index contributed by atoms with van der Waals surface area (Å²) in [5.41, 5.74) is 1.13. The number of sulfonamides is 1. The summed E-state index contributed by atoms with van der Waals surface area (Å²) in [7, 11) is 0.632. The molecule has 2 N–H and O–H groups in total. The van der Waals surface area contributed by atoms with Crippen LogP contribution in [0, 0.1) is 0 Å². The Morgan fingerprint density at radius 2 is 1.83 bits per heavy atom. The predicted molar refractivity (Wildman–Crippen MR) is 109 cm³/mol. The number of amides is 1. The molecule has 0 saturated carbocycles. The molecule has 0 fully saturated rings. The smallest absolute Gasteiger partial charge is 0.419 e. The molecule has 0 aliphatic heterocycles. The van der Waals surface area contributed by atoms with E-state index in [4.69, 9.17) is 13.9 Å². The van der Waals surface area contributed by atoms with Crippen LogP contribution in [0.3, 0.4) is 0 Å². The van der Waals surface area contributed by atoms with Crippen LogP contribution in [0.4, 0.5) is 5.69 Å². The molecule has 2 aromatic carbocycles. The molecule has 0 saturated heterocycles. The number of ether oxygens (including phenoxy) is 2. The van der Waals surface area contributed by atoms with Crippen LogP contribution >= 0.6 is 0 Å². The number of carbonyl (C=O) groups excluding carboxylic acids is 1. The number of aromatic nitrogens is 1. The molecule has 0 bridgehead atoms. The third-order valence-electron chi connectivity index (χ3n) is 4.39. The molecular weight excluding hydrogens is 414 g/mol. The van der Waals surface area contributed by atoms with E-state index >= 15 is 0 Å². The maximum Gasteiger partial charge on any atom is 0.419 e. The van der Waals surface area contributed by atoms with Gasteiger partial charge in [0.2, 0.25) is 15.9 Å². The summed E-state index contributed by atoms with van der Waals surface area (Å²) in [5, 5.41) is 2.67. The van der Waals surface area contributed by atoms with Gasteiger partial charge in [-0.05, 0) is 24.3 Å². The van der Waals surface area contributed by atoms with Crippen LogP contribution < -0.4 is 25.3 Å². The third-order valence-corrected chi connectivity index (χ3v) is 5.84. The fourth-order valence-corrected chi connectivity index (χ4v) is 3.85. The lowest BCUT2D eigenvalue weighted by Gasteiger charge is -2.11. The Hall–Kier alpha value is -3.31. The van der Waals surface area contributed by atoms with Gasteiger partial charge in [-0.25, -0.2) is 17.9 Å². The van der Waals surface area contributed by atoms with E-state index in [9.17, 15) is 18.0 Å². The van der Waals surface area contributed by atoms with Crippen molar-refractivity contribution in [1.29, 1.82) is 0 Å². The molecular formula is C19H21N3O7S. The molecule has 0 aliphatic carbocycles. The third kappa shape index (κ3) is 4.47. The molecule has 10 nitrogen and oxygen atoms in total. The topological polar surface area (TPSA) is 129 Å². The van der Waals surface area contributed by atoms with Crippen LogP contribution in [-0.4, -0.2) is 39.7 Å². The zero-order chi connectivity index (χ0) is 21.9. The van der Waals surface area contributed by atoms with Gasteiger partial charge in [0.05, 0.1) is 24.6 Å². The summed E-state index contributed by atoms with van der Waals surface area (Å²) in [6, 6.07) is 9.01. The number of hydrogen-bond acceptors (Lipinski definition) is 7. The van der Waals surface area contributed by atoms with Crippen LogP contribution in [0.5, 0.6) is 11.5 Å². The number of aryl methyl sites for hydroxylation is 1. The van der Waals surface area contributed by atoms with Gasteiger partial charge in [-0.15, -0.1) is 0 Å². The number of anilines is 1. The minimum absolute atomic E-state index is 0.0651. The highest BCUT2D eigenvalue weighted by Crippen LogP contribution is 2.29. The summed E-state index contributed by atoms with van der Waals surface area (Å²) < 4.78 is 43.9. The lowest BCUT2D eigenvalue weighted by molar-refractivity contribution is -0.116. The molecule has 30 heavy (non-hydrogen) atoms. The average Bonchev–Trinajstić information content (AvgIpc) is 3.01. The first-order valence-corrected chi connectivity index (χ1v) is 10.3. The van der Waals surface area contributed by atoms with Gasteiger partial charge in [0.15, 0.2) is 17.1 Å². The lowest BCUT2D eigenvalue weighted by atomic mass is 10.2. The molecule has 1 aromatic heterocycles. The van der Waals surface area contributed by atoms with E-state index in [0.717, 1.165) is 0 Å². The molecule has 160 valence electrons. The van der Waals surface area contributed by atoms with Crippen molar-refractivity contribution in [3.8, 4) is 11.5 Å². The van der Waals surface area contributed by atoms with Crippen molar-refractivity contribution in [1.82, 2.24) is 9.29 Å². The highest BCUT2D eigenvalue weighted by Gasteiger charge is 2.17. The quantitative estimate of drug-likeness (QED) is 0.548. The first-order valence-electron chi connectivity index (χ1n) is 8.86. The Labute approximate surface area is 172 Å². The van der Waals surface area contributed by atoms with E-state index in [1.807, 2.05) is 0 Å². The van der Waals surface area contributed by atoms with E-state index in [1.165, 1.54) is 44.0 Å². The van der Waals surface area contributed by atoms with Gasteiger partial charge in [0.25, 0.3) is 0 Å². The highest BCUT2D eigenvalue weighted by molar-refractivity contribution is 7.89. The first-order chi connectivity index (χ1) is 14.2. The summed E-state index contributed by atoms with van der Waals surface area (Å²) in [5.74, 6) is 0.0159. The molecule has 11 heteroatoms. The van der Waals surface area contributed by atoms with Gasteiger partial charge in [-0.2, -0.15) is 0 Å². The number of fused-ring (bicyclic) bond motifs is 1. The fourth-order valence-electron chi connectivity index (χ4n) is 2.80. The number of carbonyl (C=O) groups is 1. The van der Waals surface area contributed by atoms with Crippen LogP contribution in [0.15, 0.2) is 50.5 Å². The van der Waals surface area contributed by atoms with Crippen LogP contribution in [-0.2, 0) is 21.9 Å². The summed E-state index contributed by atoms with van der Waals surface area (Å²) in [4.78, 5) is 23.6.